The van der Waals surface area contributed by atoms with E-state index in [1.54, 1.807) is 56.6 Å². The zero-order valence-corrected chi connectivity index (χ0v) is 17.9. The highest BCUT2D eigenvalue weighted by molar-refractivity contribution is 6.08. The summed E-state index contributed by atoms with van der Waals surface area (Å²) in [7, 11) is 1.59. The minimum absolute atomic E-state index is 0.0106. The number of hydrogen-bond donors (Lipinski definition) is 1. The third-order valence-corrected chi connectivity index (χ3v) is 5.28. The molecule has 160 valence electrons. The third-order valence-electron chi connectivity index (χ3n) is 5.28. The summed E-state index contributed by atoms with van der Waals surface area (Å²) in [6, 6.07) is 10.4. The lowest BCUT2D eigenvalue weighted by Gasteiger charge is -2.27. The molecule has 2 aromatic heterocycles. The zero-order valence-electron chi connectivity index (χ0n) is 17.9. The Morgan fingerprint density at radius 3 is 2.55 bits per heavy atom. The minimum Gasteiger partial charge on any atom is -0.497 e. The van der Waals surface area contributed by atoms with Crippen molar-refractivity contribution < 1.29 is 23.5 Å². The molecule has 0 atom stereocenters. The van der Waals surface area contributed by atoms with Crippen molar-refractivity contribution in [3.8, 4) is 17.4 Å². The van der Waals surface area contributed by atoms with Gasteiger partial charge < -0.3 is 19.2 Å². The molecule has 31 heavy (non-hydrogen) atoms. The van der Waals surface area contributed by atoms with Crippen LogP contribution in [0.25, 0.3) is 0 Å². The molecule has 0 unspecified atom stereocenters. The first-order valence-electron chi connectivity index (χ1n) is 10.0. The fourth-order valence-electron chi connectivity index (χ4n) is 3.80. The van der Waals surface area contributed by atoms with Gasteiger partial charge in [-0.05, 0) is 48.7 Å². The van der Waals surface area contributed by atoms with E-state index in [1.807, 2.05) is 13.8 Å². The first-order chi connectivity index (χ1) is 14.8. The number of benzene rings is 1. The van der Waals surface area contributed by atoms with Crippen LogP contribution in [0.3, 0.4) is 0 Å². The van der Waals surface area contributed by atoms with Gasteiger partial charge >= 0.3 is 0 Å². The number of carbonyl (C=O) groups excluding carboxylic acids is 2. The van der Waals surface area contributed by atoms with Gasteiger partial charge in [0.1, 0.15) is 22.9 Å². The Morgan fingerprint density at radius 2 is 1.84 bits per heavy atom. The number of hydrogen-bond acceptors (Lipinski definition) is 6. The smallest absolute Gasteiger partial charge is 0.291 e. The Balaban J connectivity index is 1.58. The van der Waals surface area contributed by atoms with Crippen molar-refractivity contribution in [1.29, 1.82) is 0 Å². The number of ether oxygens (including phenoxy) is 2. The molecule has 4 rings (SSSR count). The van der Waals surface area contributed by atoms with Crippen LogP contribution >= 0.6 is 0 Å². The maximum absolute atomic E-state index is 13.0. The summed E-state index contributed by atoms with van der Waals surface area (Å²) in [4.78, 5) is 29.8. The van der Waals surface area contributed by atoms with Crippen LogP contribution in [0.1, 0.15) is 52.5 Å². The van der Waals surface area contributed by atoms with Crippen LogP contribution in [-0.4, -0.2) is 23.8 Å². The van der Waals surface area contributed by atoms with Crippen LogP contribution in [0, 0.1) is 12.3 Å². The van der Waals surface area contributed by atoms with E-state index in [9.17, 15) is 9.59 Å². The van der Waals surface area contributed by atoms with Crippen LogP contribution in [0.5, 0.6) is 17.4 Å². The molecule has 0 bridgehead atoms. The summed E-state index contributed by atoms with van der Waals surface area (Å²) < 4.78 is 16.8. The van der Waals surface area contributed by atoms with Gasteiger partial charge in [-0.25, -0.2) is 4.98 Å². The molecule has 0 saturated carbocycles. The quantitative estimate of drug-likeness (QED) is 0.611. The number of ketones is 1. The van der Waals surface area contributed by atoms with Crippen LogP contribution in [0.2, 0.25) is 0 Å². The molecule has 7 nitrogen and oxygen atoms in total. The SMILES string of the molecule is COc1ccc(Oc2ncccc2NC(=O)c2oc3c(c2C)C(=O)CC(C)(C)C3)cc1. The largest absolute Gasteiger partial charge is 0.497 e. The molecule has 3 aromatic rings. The number of Topliss-reactive ketones (excluding diaryl/α,β-unsaturated/α-hetero) is 1. The number of pyridine rings is 1. The standard InChI is InChI=1S/C24H24N2O5/c1-14-20-18(27)12-24(2,3)13-19(20)31-21(14)22(28)26-17-6-5-11-25-23(17)30-16-9-7-15(29-4)8-10-16/h5-11H,12-13H2,1-4H3,(H,26,28). The first kappa shape index (κ1) is 20.7. The van der Waals surface area contributed by atoms with E-state index < -0.39 is 5.91 Å². The number of nitrogens with zero attached hydrogens (tertiary/aromatic N) is 1. The molecule has 1 aliphatic rings. The van der Waals surface area contributed by atoms with E-state index in [1.165, 1.54) is 0 Å². The van der Waals surface area contributed by atoms with Crippen molar-refractivity contribution in [1.82, 2.24) is 4.98 Å². The fourth-order valence-corrected chi connectivity index (χ4v) is 3.80. The topological polar surface area (TPSA) is 90.7 Å². The predicted octanol–water partition coefficient (Wildman–Crippen LogP) is 5.19. The second-order valence-electron chi connectivity index (χ2n) is 8.38. The highest BCUT2D eigenvalue weighted by Gasteiger charge is 2.37. The van der Waals surface area contributed by atoms with Gasteiger partial charge in [-0.2, -0.15) is 0 Å². The van der Waals surface area contributed by atoms with Crippen molar-refractivity contribution in [2.45, 2.75) is 33.6 Å². The molecule has 0 aliphatic heterocycles. The number of carbonyl (C=O) groups is 2. The van der Waals surface area contributed by atoms with E-state index in [0.717, 1.165) is 0 Å². The van der Waals surface area contributed by atoms with Crippen molar-refractivity contribution in [3.63, 3.8) is 0 Å². The number of aromatic nitrogens is 1. The first-order valence-corrected chi connectivity index (χ1v) is 10.0. The van der Waals surface area contributed by atoms with Gasteiger partial charge in [-0.1, -0.05) is 13.8 Å². The second kappa shape index (κ2) is 7.91. The Bertz CT molecular complexity index is 1150. The van der Waals surface area contributed by atoms with E-state index in [0.29, 0.717) is 46.9 Å². The van der Waals surface area contributed by atoms with Crippen LogP contribution in [0.15, 0.2) is 47.0 Å². The van der Waals surface area contributed by atoms with E-state index in [4.69, 9.17) is 13.9 Å². The van der Waals surface area contributed by atoms with Gasteiger partial charge in [0, 0.05) is 24.6 Å². The van der Waals surface area contributed by atoms with Crippen LogP contribution < -0.4 is 14.8 Å². The summed E-state index contributed by atoms with van der Waals surface area (Å²) in [5, 5.41) is 2.80. The summed E-state index contributed by atoms with van der Waals surface area (Å²) >= 11 is 0. The van der Waals surface area contributed by atoms with Crippen molar-refractivity contribution in [2.75, 3.05) is 12.4 Å². The van der Waals surface area contributed by atoms with Crippen molar-refractivity contribution in [2.24, 2.45) is 5.41 Å². The summed E-state index contributed by atoms with van der Waals surface area (Å²) in [6.45, 7) is 5.78. The molecule has 2 heterocycles. The number of fused-ring (bicyclic) bond motifs is 1. The average molecular weight is 420 g/mol. The highest BCUT2D eigenvalue weighted by Crippen LogP contribution is 2.38. The second-order valence-corrected chi connectivity index (χ2v) is 8.38. The molecule has 7 heteroatoms. The third kappa shape index (κ3) is 4.17. The molecule has 0 saturated heterocycles. The van der Waals surface area contributed by atoms with Crippen molar-refractivity contribution in [3.05, 3.63) is 65.2 Å². The molecule has 0 spiro atoms. The summed E-state index contributed by atoms with van der Waals surface area (Å²) in [6.07, 6.45) is 2.62. The van der Waals surface area contributed by atoms with E-state index in [2.05, 4.69) is 10.3 Å². The molecule has 1 aliphatic carbocycles. The lowest BCUT2D eigenvalue weighted by Crippen LogP contribution is -2.26. The zero-order chi connectivity index (χ0) is 22.2. The van der Waals surface area contributed by atoms with Crippen LogP contribution in [-0.2, 0) is 6.42 Å². The molecular formula is C24H24N2O5. The molecule has 0 fully saturated rings. The number of methoxy groups -OCH3 is 1. The Hall–Kier alpha value is -3.61. The normalized spacial score (nSPS) is 14.6. The van der Waals surface area contributed by atoms with Gasteiger partial charge in [0.25, 0.3) is 5.91 Å². The highest BCUT2D eigenvalue weighted by atomic mass is 16.5. The molecule has 1 N–H and O–H groups in total. The monoisotopic (exact) mass is 420 g/mol. The molecule has 1 amide bonds. The van der Waals surface area contributed by atoms with Crippen LogP contribution in [0.4, 0.5) is 5.69 Å². The average Bonchev–Trinajstić information content (AvgIpc) is 3.05. The predicted molar refractivity (Wildman–Crippen MR) is 115 cm³/mol. The minimum atomic E-state index is -0.454. The number of rotatable bonds is 5. The number of anilines is 1. The Labute approximate surface area is 180 Å². The molecule has 1 aromatic carbocycles. The molecular weight excluding hydrogens is 396 g/mol. The van der Waals surface area contributed by atoms with Gasteiger partial charge in [0.15, 0.2) is 11.5 Å². The Kier molecular flexibility index (Phi) is 5.27. The fraction of sp³-hybridized carbons (Fsp3) is 0.292. The summed E-state index contributed by atoms with van der Waals surface area (Å²) in [5.41, 5.74) is 1.30. The van der Waals surface area contributed by atoms with Gasteiger partial charge in [-0.3, -0.25) is 9.59 Å². The Morgan fingerprint density at radius 1 is 1.13 bits per heavy atom. The van der Waals surface area contributed by atoms with E-state index >= 15 is 0 Å². The number of furan rings is 1. The van der Waals surface area contributed by atoms with Gasteiger partial charge in [-0.15, -0.1) is 0 Å². The van der Waals surface area contributed by atoms with Gasteiger partial charge in [0.05, 0.1) is 12.7 Å². The van der Waals surface area contributed by atoms with Crippen molar-refractivity contribution >= 4 is 17.4 Å². The maximum atomic E-state index is 13.0. The number of amides is 1. The lowest BCUT2D eigenvalue weighted by atomic mass is 9.76. The number of nitrogens with one attached hydrogen (secondary N) is 1. The lowest BCUT2D eigenvalue weighted by molar-refractivity contribution is 0.0898. The molecule has 0 radical (unpaired) electrons. The maximum Gasteiger partial charge on any atom is 0.291 e. The summed E-state index contributed by atoms with van der Waals surface area (Å²) in [5.74, 6) is 1.76. The van der Waals surface area contributed by atoms with E-state index in [-0.39, 0.29) is 22.8 Å². The van der Waals surface area contributed by atoms with Gasteiger partial charge in [0.2, 0.25) is 5.88 Å².